The molecule has 0 aliphatic rings. The lowest BCUT2D eigenvalue weighted by Crippen LogP contribution is -2.12. The third-order valence-corrected chi connectivity index (χ3v) is 1.28. The van der Waals surface area contributed by atoms with Crippen molar-refractivity contribution in [2.45, 2.75) is 13.1 Å². The van der Waals surface area contributed by atoms with E-state index >= 15 is 0 Å². The molecule has 8 nitrogen and oxygen atoms in total. The lowest BCUT2D eigenvalue weighted by molar-refractivity contribution is 0.415. The molecule has 0 aliphatic carbocycles. The molecule has 0 saturated heterocycles. The van der Waals surface area contributed by atoms with E-state index in [1.807, 2.05) is 0 Å². The standard InChI is InChI=1S/C4H6N8/c1(11-7-3-5-9-11)2-12-8-4-6-10-12/h3-4H,1-2H2. The van der Waals surface area contributed by atoms with Crippen LogP contribution in [0.3, 0.4) is 0 Å². The number of hydrogen-bond donors (Lipinski definition) is 0. The first-order valence-corrected chi connectivity index (χ1v) is 3.37. The molecule has 8 heteroatoms. The Kier molecular flexibility index (Phi) is 1.72. The molecule has 2 heterocycles. The first-order chi connectivity index (χ1) is 5.95. The Balaban J connectivity index is 1.91. The van der Waals surface area contributed by atoms with Gasteiger partial charge in [0, 0.05) is 0 Å². The summed E-state index contributed by atoms with van der Waals surface area (Å²) < 4.78 is 0. The van der Waals surface area contributed by atoms with E-state index in [4.69, 9.17) is 0 Å². The van der Waals surface area contributed by atoms with Crippen LogP contribution in [0.15, 0.2) is 12.7 Å². The summed E-state index contributed by atoms with van der Waals surface area (Å²) in [6.07, 6.45) is 2.77. The van der Waals surface area contributed by atoms with Crippen LogP contribution >= 0.6 is 0 Å². The highest BCUT2D eigenvalue weighted by molar-refractivity contribution is 4.41. The summed E-state index contributed by atoms with van der Waals surface area (Å²) in [7, 11) is 0. The third-order valence-electron chi connectivity index (χ3n) is 1.28. The zero-order chi connectivity index (χ0) is 8.23. The van der Waals surface area contributed by atoms with Crippen LogP contribution in [0.5, 0.6) is 0 Å². The second-order valence-corrected chi connectivity index (χ2v) is 2.06. The highest BCUT2D eigenvalue weighted by atomic mass is 15.6. The van der Waals surface area contributed by atoms with Gasteiger partial charge in [-0.15, -0.1) is 20.4 Å². The van der Waals surface area contributed by atoms with Crippen LogP contribution in [0.1, 0.15) is 0 Å². The van der Waals surface area contributed by atoms with E-state index in [0.29, 0.717) is 13.1 Å². The molecule has 2 aromatic rings. The van der Waals surface area contributed by atoms with Gasteiger partial charge in [0.2, 0.25) is 0 Å². The van der Waals surface area contributed by atoms with Gasteiger partial charge in [0.1, 0.15) is 0 Å². The third kappa shape index (κ3) is 1.41. The van der Waals surface area contributed by atoms with E-state index in [1.165, 1.54) is 22.2 Å². The fourth-order valence-electron chi connectivity index (χ4n) is 0.761. The van der Waals surface area contributed by atoms with Crippen molar-refractivity contribution >= 4 is 0 Å². The van der Waals surface area contributed by atoms with Crippen LogP contribution in [0, 0.1) is 0 Å². The Morgan fingerprint density at radius 1 is 0.833 bits per heavy atom. The fourth-order valence-corrected chi connectivity index (χ4v) is 0.761. The van der Waals surface area contributed by atoms with Gasteiger partial charge in [-0.25, -0.2) is 0 Å². The smallest absolute Gasteiger partial charge is 0.162 e. The van der Waals surface area contributed by atoms with Crippen LogP contribution in [0.4, 0.5) is 0 Å². The van der Waals surface area contributed by atoms with Gasteiger partial charge in [0.15, 0.2) is 12.7 Å². The Morgan fingerprint density at radius 3 is 1.67 bits per heavy atom. The van der Waals surface area contributed by atoms with Gasteiger partial charge in [0.25, 0.3) is 0 Å². The predicted molar refractivity (Wildman–Crippen MR) is 35.6 cm³/mol. The van der Waals surface area contributed by atoms with Crippen LogP contribution in [-0.4, -0.2) is 40.4 Å². The average molecular weight is 166 g/mol. The molecule has 12 heavy (non-hydrogen) atoms. The van der Waals surface area contributed by atoms with E-state index in [9.17, 15) is 0 Å². The number of nitrogens with zero attached hydrogens (tertiary/aromatic N) is 8. The van der Waals surface area contributed by atoms with E-state index in [-0.39, 0.29) is 0 Å². The molecular formula is C4H6N8. The summed E-state index contributed by atoms with van der Waals surface area (Å²) in [5, 5.41) is 22.1. The van der Waals surface area contributed by atoms with Gasteiger partial charge in [-0.3, -0.25) is 0 Å². The van der Waals surface area contributed by atoms with Crippen molar-refractivity contribution in [2.24, 2.45) is 0 Å². The molecule has 0 fully saturated rings. The molecule has 0 spiro atoms. The normalized spacial score (nSPS) is 10.3. The molecule has 0 amide bonds. The monoisotopic (exact) mass is 166 g/mol. The predicted octanol–water partition coefficient (Wildman–Crippen LogP) is -1.64. The van der Waals surface area contributed by atoms with E-state index in [2.05, 4.69) is 30.8 Å². The zero-order valence-electron chi connectivity index (χ0n) is 6.15. The minimum atomic E-state index is 0.594. The van der Waals surface area contributed by atoms with Crippen LogP contribution < -0.4 is 0 Å². The molecule has 0 radical (unpaired) electrons. The molecule has 0 bridgehead atoms. The van der Waals surface area contributed by atoms with Crippen molar-refractivity contribution in [1.29, 1.82) is 0 Å². The average Bonchev–Trinajstić information content (AvgIpc) is 2.74. The minimum Gasteiger partial charge on any atom is -0.163 e. The first-order valence-electron chi connectivity index (χ1n) is 3.37. The maximum Gasteiger partial charge on any atom is 0.162 e. The summed E-state index contributed by atoms with van der Waals surface area (Å²) in [5.74, 6) is 0. The van der Waals surface area contributed by atoms with Crippen molar-refractivity contribution in [3.05, 3.63) is 12.7 Å². The summed E-state index contributed by atoms with van der Waals surface area (Å²) in [6.45, 7) is 1.19. The zero-order valence-corrected chi connectivity index (χ0v) is 6.15. The van der Waals surface area contributed by atoms with Crippen molar-refractivity contribution in [3.8, 4) is 0 Å². The number of hydrogen-bond acceptors (Lipinski definition) is 6. The van der Waals surface area contributed by atoms with Gasteiger partial charge in [0.05, 0.1) is 13.1 Å². The highest BCUT2D eigenvalue weighted by Crippen LogP contribution is 1.79. The molecule has 0 saturated carbocycles. The number of tetrazole rings is 2. The number of aromatic nitrogens is 8. The van der Waals surface area contributed by atoms with Gasteiger partial charge in [-0.1, -0.05) is 0 Å². The summed E-state index contributed by atoms with van der Waals surface area (Å²) in [5.41, 5.74) is 0. The maximum atomic E-state index is 3.82. The summed E-state index contributed by atoms with van der Waals surface area (Å²) in [6, 6.07) is 0. The molecule has 0 aliphatic heterocycles. The molecule has 2 aromatic heterocycles. The number of aryl methyl sites for hydroxylation is 2. The van der Waals surface area contributed by atoms with Gasteiger partial charge >= 0.3 is 0 Å². The lowest BCUT2D eigenvalue weighted by atomic mass is 10.7. The highest BCUT2D eigenvalue weighted by Gasteiger charge is 1.95. The lowest BCUT2D eigenvalue weighted by Gasteiger charge is -1.95. The van der Waals surface area contributed by atoms with Gasteiger partial charge in [-0.05, 0) is 10.4 Å². The Labute approximate surface area is 67.2 Å². The Hall–Kier alpha value is -1.86. The Bertz CT molecular complexity index is 274. The van der Waals surface area contributed by atoms with E-state index < -0.39 is 0 Å². The SMILES string of the molecule is c1nnn(CCn2ncnn2)n1. The van der Waals surface area contributed by atoms with Crippen molar-refractivity contribution in [1.82, 2.24) is 40.4 Å². The van der Waals surface area contributed by atoms with Crippen LogP contribution in [0.2, 0.25) is 0 Å². The van der Waals surface area contributed by atoms with Crippen molar-refractivity contribution in [3.63, 3.8) is 0 Å². The van der Waals surface area contributed by atoms with E-state index in [1.54, 1.807) is 0 Å². The second kappa shape index (κ2) is 3.03. The van der Waals surface area contributed by atoms with Crippen molar-refractivity contribution < 1.29 is 0 Å². The molecule has 62 valence electrons. The second-order valence-electron chi connectivity index (χ2n) is 2.06. The molecule has 2 rings (SSSR count). The summed E-state index contributed by atoms with van der Waals surface area (Å²) >= 11 is 0. The minimum absolute atomic E-state index is 0.594. The molecular weight excluding hydrogens is 160 g/mol. The van der Waals surface area contributed by atoms with Gasteiger partial charge in [-0.2, -0.15) is 9.59 Å². The topological polar surface area (TPSA) is 87.2 Å². The largest absolute Gasteiger partial charge is 0.163 e. The van der Waals surface area contributed by atoms with Crippen molar-refractivity contribution in [2.75, 3.05) is 0 Å². The molecule has 0 aromatic carbocycles. The maximum absolute atomic E-state index is 3.82. The van der Waals surface area contributed by atoms with Crippen LogP contribution in [0.25, 0.3) is 0 Å². The quantitative estimate of drug-likeness (QED) is 0.543. The van der Waals surface area contributed by atoms with Crippen LogP contribution in [-0.2, 0) is 13.1 Å². The summed E-state index contributed by atoms with van der Waals surface area (Å²) in [4.78, 5) is 2.92. The molecule has 0 atom stereocenters. The first kappa shape index (κ1) is 6.83. The molecule has 0 N–H and O–H groups in total. The fraction of sp³-hybridized carbons (Fsp3) is 0.500. The molecule has 0 unspecified atom stereocenters. The van der Waals surface area contributed by atoms with E-state index in [0.717, 1.165) is 0 Å². The number of rotatable bonds is 3. The van der Waals surface area contributed by atoms with Gasteiger partial charge < -0.3 is 0 Å². The Morgan fingerprint density at radius 2 is 1.33 bits per heavy atom.